The summed E-state index contributed by atoms with van der Waals surface area (Å²) >= 11 is 6.91. The number of benzene rings is 1. The zero-order chi connectivity index (χ0) is 22.0. The van der Waals surface area contributed by atoms with Gasteiger partial charge in [-0.15, -0.1) is 11.3 Å². The highest BCUT2D eigenvalue weighted by atomic mass is 35.5. The summed E-state index contributed by atoms with van der Waals surface area (Å²) < 4.78 is 13.3. The molecule has 0 atom stereocenters. The number of carbonyl (C=O) groups is 2. The maximum Gasteiger partial charge on any atom is 0.345 e. The zero-order valence-electron chi connectivity index (χ0n) is 15.6. The molecule has 0 aliphatic rings. The lowest BCUT2D eigenvalue weighted by atomic mass is 10.2. The molecular formula is C19H14ClFN6O3S. The van der Waals surface area contributed by atoms with Gasteiger partial charge >= 0.3 is 5.97 Å². The topological polar surface area (TPSA) is 133 Å². The van der Waals surface area contributed by atoms with E-state index in [-0.39, 0.29) is 22.1 Å². The van der Waals surface area contributed by atoms with E-state index in [1.54, 1.807) is 6.07 Å². The van der Waals surface area contributed by atoms with Gasteiger partial charge in [0, 0.05) is 11.4 Å². The van der Waals surface area contributed by atoms with Gasteiger partial charge < -0.3 is 15.7 Å². The molecule has 1 amide bonds. The van der Waals surface area contributed by atoms with Crippen LogP contribution >= 0.6 is 22.9 Å². The predicted molar refractivity (Wildman–Crippen MR) is 113 cm³/mol. The number of carboxylic acid groups (broad SMARTS) is 1. The van der Waals surface area contributed by atoms with Crippen LogP contribution in [0.3, 0.4) is 0 Å². The molecule has 0 bridgehead atoms. The molecule has 0 fully saturated rings. The number of nitrogens with one attached hydrogen (secondary N) is 3. The number of carboxylic acids is 1. The number of aromatic carboxylic acids is 1. The molecule has 158 valence electrons. The first-order chi connectivity index (χ1) is 14.9. The summed E-state index contributed by atoms with van der Waals surface area (Å²) in [5, 5.41) is 21.7. The van der Waals surface area contributed by atoms with Crippen molar-refractivity contribution in [1.29, 1.82) is 0 Å². The molecule has 4 rings (SSSR count). The highest BCUT2D eigenvalue weighted by molar-refractivity contribution is 7.13. The molecule has 0 aliphatic carbocycles. The molecule has 4 N–H and O–H groups in total. The number of nitrogens with zero attached hydrogens (tertiary/aromatic N) is 3. The molecule has 0 saturated carbocycles. The Bertz CT molecular complexity index is 1290. The number of H-pyrrole nitrogens is 1. The largest absolute Gasteiger partial charge is 0.477 e. The molecule has 1 aromatic carbocycles. The maximum atomic E-state index is 13.3. The van der Waals surface area contributed by atoms with Crippen LogP contribution in [0.15, 0.2) is 36.7 Å². The first-order valence-electron chi connectivity index (χ1n) is 8.89. The van der Waals surface area contributed by atoms with E-state index in [0.717, 1.165) is 16.2 Å². The average Bonchev–Trinajstić information content (AvgIpc) is 3.40. The molecule has 31 heavy (non-hydrogen) atoms. The van der Waals surface area contributed by atoms with Crippen LogP contribution in [0.4, 0.5) is 10.2 Å². The van der Waals surface area contributed by atoms with E-state index >= 15 is 0 Å². The number of fused-ring (bicyclic) bond motifs is 1. The molecular weight excluding hydrogens is 447 g/mol. The molecule has 0 unspecified atom stereocenters. The summed E-state index contributed by atoms with van der Waals surface area (Å²) in [4.78, 5) is 32.9. The zero-order valence-corrected chi connectivity index (χ0v) is 17.2. The predicted octanol–water partition coefficient (Wildman–Crippen LogP) is 3.45. The van der Waals surface area contributed by atoms with Gasteiger partial charge in [0.15, 0.2) is 11.5 Å². The summed E-state index contributed by atoms with van der Waals surface area (Å²) in [5.74, 6) is -1.57. The van der Waals surface area contributed by atoms with Crippen LogP contribution in [-0.2, 0) is 13.1 Å². The third-order valence-corrected chi connectivity index (χ3v) is 5.67. The molecule has 4 aromatic rings. The second-order valence-corrected chi connectivity index (χ2v) is 7.95. The molecule has 9 nitrogen and oxygen atoms in total. The Balaban J connectivity index is 1.47. The van der Waals surface area contributed by atoms with E-state index in [1.165, 1.54) is 30.6 Å². The number of hydrogen-bond donors (Lipinski definition) is 4. The number of aromatic amines is 1. The van der Waals surface area contributed by atoms with Crippen molar-refractivity contribution in [3.8, 4) is 0 Å². The minimum atomic E-state index is -0.979. The number of thiophene rings is 1. The fourth-order valence-electron chi connectivity index (χ4n) is 2.81. The normalized spacial score (nSPS) is 10.9. The summed E-state index contributed by atoms with van der Waals surface area (Å²) in [6.07, 6.45) is 1.25. The van der Waals surface area contributed by atoms with Crippen molar-refractivity contribution in [1.82, 2.24) is 25.5 Å². The number of anilines is 1. The van der Waals surface area contributed by atoms with Crippen LogP contribution < -0.4 is 10.6 Å². The van der Waals surface area contributed by atoms with Crippen molar-refractivity contribution in [3.63, 3.8) is 0 Å². The lowest BCUT2D eigenvalue weighted by Crippen LogP contribution is -2.24. The molecule has 3 heterocycles. The van der Waals surface area contributed by atoms with Gasteiger partial charge in [0.25, 0.3) is 5.91 Å². The minimum Gasteiger partial charge on any atom is -0.477 e. The van der Waals surface area contributed by atoms with E-state index in [9.17, 15) is 14.0 Å². The summed E-state index contributed by atoms with van der Waals surface area (Å²) in [6, 6.07) is 7.44. The van der Waals surface area contributed by atoms with Gasteiger partial charge in [-0.1, -0.05) is 17.7 Å². The highest BCUT2D eigenvalue weighted by Crippen LogP contribution is 2.22. The number of rotatable bonds is 7. The molecule has 0 saturated heterocycles. The molecule has 0 radical (unpaired) electrons. The quantitative estimate of drug-likeness (QED) is 0.332. The second-order valence-electron chi connectivity index (χ2n) is 6.37. The average molecular weight is 461 g/mol. The molecule has 3 aromatic heterocycles. The Labute approximate surface area is 183 Å². The smallest absolute Gasteiger partial charge is 0.345 e. The molecule has 0 aliphatic heterocycles. The van der Waals surface area contributed by atoms with Crippen molar-refractivity contribution in [2.45, 2.75) is 13.1 Å². The van der Waals surface area contributed by atoms with Crippen molar-refractivity contribution in [2.24, 2.45) is 0 Å². The Morgan fingerprint density at radius 3 is 2.77 bits per heavy atom. The van der Waals surface area contributed by atoms with Crippen molar-refractivity contribution in [3.05, 3.63) is 68.5 Å². The van der Waals surface area contributed by atoms with Gasteiger partial charge in [-0.3, -0.25) is 9.89 Å². The van der Waals surface area contributed by atoms with Crippen molar-refractivity contribution >= 4 is 51.7 Å². The number of amides is 1. The van der Waals surface area contributed by atoms with Crippen LogP contribution in [0, 0.1) is 5.82 Å². The van der Waals surface area contributed by atoms with Crippen LogP contribution in [0.2, 0.25) is 5.02 Å². The van der Waals surface area contributed by atoms with E-state index < -0.39 is 17.7 Å². The van der Waals surface area contributed by atoms with Crippen LogP contribution in [-0.4, -0.2) is 37.1 Å². The number of hydrogen-bond acceptors (Lipinski definition) is 7. The number of aromatic nitrogens is 4. The minimum absolute atomic E-state index is 0.0262. The number of carbonyl (C=O) groups excluding carboxylic acids is 1. The van der Waals surface area contributed by atoms with Crippen LogP contribution in [0.1, 0.15) is 30.6 Å². The Morgan fingerprint density at radius 2 is 2.03 bits per heavy atom. The van der Waals surface area contributed by atoms with Gasteiger partial charge in [-0.25, -0.2) is 19.2 Å². The summed E-state index contributed by atoms with van der Waals surface area (Å²) in [5.41, 5.74) is 1.49. The highest BCUT2D eigenvalue weighted by Gasteiger charge is 2.17. The summed E-state index contributed by atoms with van der Waals surface area (Å²) in [6.45, 7) is 0.475. The lowest BCUT2D eigenvalue weighted by molar-refractivity contribution is 0.0702. The number of halogens is 2. The Kier molecular flexibility index (Phi) is 5.78. The van der Waals surface area contributed by atoms with Gasteiger partial charge in [-0.05, 0) is 29.8 Å². The first-order valence-corrected chi connectivity index (χ1v) is 10.1. The SMILES string of the molecule is O=C(O)c1ccc(CNc2n[nH]c3c(C(=O)NCc4ccc(F)c(Cl)c4)ncnc23)s1. The lowest BCUT2D eigenvalue weighted by Gasteiger charge is -2.06. The van der Waals surface area contributed by atoms with Gasteiger partial charge in [0.1, 0.15) is 28.1 Å². The summed E-state index contributed by atoms with van der Waals surface area (Å²) in [7, 11) is 0. The van der Waals surface area contributed by atoms with E-state index in [1.807, 2.05) is 0 Å². The van der Waals surface area contributed by atoms with E-state index in [2.05, 4.69) is 30.8 Å². The maximum absolute atomic E-state index is 13.3. The Morgan fingerprint density at radius 1 is 1.19 bits per heavy atom. The molecule has 0 spiro atoms. The van der Waals surface area contributed by atoms with E-state index in [0.29, 0.717) is 29.0 Å². The first kappa shape index (κ1) is 20.7. The van der Waals surface area contributed by atoms with Crippen LogP contribution in [0.5, 0.6) is 0 Å². The van der Waals surface area contributed by atoms with Crippen LogP contribution in [0.25, 0.3) is 11.0 Å². The third kappa shape index (κ3) is 4.47. The van der Waals surface area contributed by atoms with Crippen molar-refractivity contribution < 1.29 is 19.1 Å². The van der Waals surface area contributed by atoms with E-state index in [4.69, 9.17) is 16.7 Å². The fourth-order valence-corrected chi connectivity index (χ4v) is 3.79. The van der Waals surface area contributed by atoms with Gasteiger partial charge in [0.05, 0.1) is 11.6 Å². The molecule has 12 heteroatoms. The monoisotopic (exact) mass is 460 g/mol. The third-order valence-electron chi connectivity index (χ3n) is 4.31. The van der Waals surface area contributed by atoms with Crippen molar-refractivity contribution in [2.75, 3.05) is 5.32 Å². The Hall–Kier alpha value is -3.57. The van der Waals surface area contributed by atoms with Gasteiger partial charge in [-0.2, -0.15) is 5.10 Å². The standard InChI is InChI=1S/C19H14ClFN6O3S/c20-11-5-9(1-3-12(11)21)6-23-18(28)16-14-15(24-8-25-16)17(27-26-14)22-7-10-2-4-13(31-10)19(29)30/h1-5,8H,6-7H2,(H,23,28)(H,29,30)(H2,22,26,27). The second kappa shape index (κ2) is 8.66. The fraction of sp³-hybridized carbons (Fsp3) is 0.105. The van der Waals surface area contributed by atoms with Gasteiger partial charge in [0.2, 0.25) is 0 Å².